The Morgan fingerprint density at radius 2 is 1.89 bits per heavy atom. The summed E-state index contributed by atoms with van der Waals surface area (Å²) in [5, 5.41) is 2.97. The van der Waals surface area contributed by atoms with Crippen LogP contribution in [0.2, 0.25) is 0 Å². The number of carbonyl (C=O) groups excluding carboxylic acids is 1. The van der Waals surface area contributed by atoms with Gasteiger partial charge in [0.25, 0.3) is 0 Å². The third-order valence-corrected chi connectivity index (χ3v) is 5.07. The molecule has 1 aliphatic carbocycles. The van der Waals surface area contributed by atoms with Crippen molar-refractivity contribution in [2.75, 3.05) is 6.79 Å². The molecular formula is C22H25NO4. The molecule has 1 N–H and O–H groups in total. The standard InChI is InChI=1S/C22H25NO4/c24-22(23-14-17-8-10-20-21(13-17)26-15-25-20)11-9-16-4-3-7-19(12-16)27-18-5-1-2-6-18/h3-4,7-8,10,12-13,18H,1-2,5-6,9,11,14-15H2,(H,23,24). The lowest BCUT2D eigenvalue weighted by atomic mass is 10.1. The van der Waals surface area contributed by atoms with Gasteiger partial charge in [0.2, 0.25) is 12.7 Å². The molecule has 2 aliphatic rings. The van der Waals surface area contributed by atoms with Crippen LogP contribution >= 0.6 is 0 Å². The van der Waals surface area contributed by atoms with Gasteiger partial charge >= 0.3 is 0 Å². The van der Waals surface area contributed by atoms with E-state index in [4.69, 9.17) is 14.2 Å². The van der Waals surface area contributed by atoms with Crippen molar-refractivity contribution in [3.63, 3.8) is 0 Å². The minimum Gasteiger partial charge on any atom is -0.490 e. The van der Waals surface area contributed by atoms with Crippen LogP contribution in [0.1, 0.15) is 43.2 Å². The van der Waals surface area contributed by atoms with E-state index in [0.29, 0.717) is 25.5 Å². The SMILES string of the molecule is O=C(CCc1cccc(OC2CCCC2)c1)NCc1ccc2c(c1)OCO2. The summed E-state index contributed by atoms with van der Waals surface area (Å²) in [6.45, 7) is 0.745. The monoisotopic (exact) mass is 367 g/mol. The van der Waals surface area contributed by atoms with Gasteiger partial charge in [-0.15, -0.1) is 0 Å². The molecule has 1 fully saturated rings. The van der Waals surface area contributed by atoms with Crippen LogP contribution in [0.25, 0.3) is 0 Å². The van der Waals surface area contributed by atoms with E-state index in [9.17, 15) is 4.79 Å². The summed E-state index contributed by atoms with van der Waals surface area (Å²) in [5.41, 5.74) is 2.13. The van der Waals surface area contributed by atoms with Crippen LogP contribution in [0, 0.1) is 0 Å². The normalized spacial score (nSPS) is 15.7. The molecule has 0 bridgehead atoms. The van der Waals surface area contributed by atoms with Crippen LogP contribution in [0.4, 0.5) is 0 Å². The van der Waals surface area contributed by atoms with Crippen LogP contribution in [-0.4, -0.2) is 18.8 Å². The van der Waals surface area contributed by atoms with Crippen LogP contribution in [0.5, 0.6) is 17.2 Å². The molecule has 1 amide bonds. The van der Waals surface area contributed by atoms with Gasteiger partial charge in [-0.05, 0) is 67.5 Å². The third kappa shape index (κ3) is 4.73. The number of amides is 1. The van der Waals surface area contributed by atoms with Crippen molar-refractivity contribution in [2.24, 2.45) is 0 Å². The molecule has 2 aromatic rings. The van der Waals surface area contributed by atoms with Crippen LogP contribution in [-0.2, 0) is 17.8 Å². The number of ether oxygens (including phenoxy) is 3. The van der Waals surface area contributed by atoms with Gasteiger partial charge in [0, 0.05) is 13.0 Å². The maximum Gasteiger partial charge on any atom is 0.231 e. The molecule has 5 nitrogen and oxygen atoms in total. The zero-order valence-electron chi connectivity index (χ0n) is 15.4. The lowest BCUT2D eigenvalue weighted by Gasteiger charge is -2.14. The van der Waals surface area contributed by atoms with Crippen molar-refractivity contribution in [1.29, 1.82) is 0 Å². The molecule has 0 atom stereocenters. The minimum atomic E-state index is 0.0368. The van der Waals surface area contributed by atoms with Crippen molar-refractivity contribution >= 4 is 5.91 Å². The Labute approximate surface area is 159 Å². The molecule has 142 valence electrons. The number of rotatable bonds is 7. The number of hydrogen-bond donors (Lipinski definition) is 1. The maximum atomic E-state index is 12.2. The Hall–Kier alpha value is -2.69. The van der Waals surface area contributed by atoms with E-state index in [2.05, 4.69) is 11.4 Å². The lowest BCUT2D eigenvalue weighted by Crippen LogP contribution is -2.23. The van der Waals surface area contributed by atoms with Crippen molar-refractivity contribution < 1.29 is 19.0 Å². The summed E-state index contributed by atoms with van der Waals surface area (Å²) >= 11 is 0. The van der Waals surface area contributed by atoms with Crippen LogP contribution < -0.4 is 19.5 Å². The van der Waals surface area contributed by atoms with E-state index < -0.39 is 0 Å². The molecule has 0 saturated heterocycles. The summed E-state index contributed by atoms with van der Waals surface area (Å²) in [6, 6.07) is 13.8. The molecule has 0 aromatic heterocycles. The van der Waals surface area contributed by atoms with Gasteiger partial charge in [0.15, 0.2) is 11.5 Å². The van der Waals surface area contributed by atoms with Crippen molar-refractivity contribution in [1.82, 2.24) is 5.32 Å². The first-order valence-corrected chi connectivity index (χ1v) is 9.67. The highest BCUT2D eigenvalue weighted by molar-refractivity contribution is 5.76. The smallest absolute Gasteiger partial charge is 0.231 e. The molecule has 1 aliphatic heterocycles. The molecule has 1 saturated carbocycles. The molecule has 4 rings (SSSR count). The number of carbonyl (C=O) groups is 1. The summed E-state index contributed by atoms with van der Waals surface area (Å²) < 4.78 is 16.7. The number of nitrogens with one attached hydrogen (secondary N) is 1. The Morgan fingerprint density at radius 3 is 2.78 bits per heavy atom. The summed E-state index contributed by atoms with van der Waals surface area (Å²) in [4.78, 5) is 12.2. The zero-order chi connectivity index (χ0) is 18.5. The highest BCUT2D eigenvalue weighted by Crippen LogP contribution is 2.32. The van der Waals surface area contributed by atoms with Crippen LogP contribution in [0.15, 0.2) is 42.5 Å². The predicted molar refractivity (Wildman–Crippen MR) is 102 cm³/mol. The average molecular weight is 367 g/mol. The fraction of sp³-hybridized carbons (Fsp3) is 0.409. The second kappa shape index (κ2) is 8.33. The largest absolute Gasteiger partial charge is 0.490 e. The minimum absolute atomic E-state index is 0.0368. The number of hydrogen-bond acceptors (Lipinski definition) is 4. The first-order chi connectivity index (χ1) is 13.3. The molecule has 0 radical (unpaired) electrons. The summed E-state index contributed by atoms with van der Waals surface area (Å²) in [6.07, 6.45) is 6.32. The van der Waals surface area contributed by atoms with E-state index in [1.165, 1.54) is 12.8 Å². The average Bonchev–Trinajstić information content (AvgIpc) is 3.36. The van der Waals surface area contributed by atoms with E-state index in [-0.39, 0.29) is 12.7 Å². The van der Waals surface area contributed by atoms with Crippen molar-refractivity contribution in [3.8, 4) is 17.2 Å². The van der Waals surface area contributed by atoms with Crippen molar-refractivity contribution in [2.45, 2.75) is 51.2 Å². The predicted octanol–water partition coefficient (Wildman–Crippen LogP) is 3.99. The molecule has 0 spiro atoms. The van der Waals surface area contributed by atoms with E-state index in [0.717, 1.165) is 41.2 Å². The number of fused-ring (bicyclic) bond motifs is 1. The number of aryl methyl sites for hydroxylation is 1. The molecule has 1 heterocycles. The van der Waals surface area contributed by atoms with E-state index in [1.54, 1.807) is 0 Å². The fourth-order valence-corrected chi connectivity index (χ4v) is 3.57. The van der Waals surface area contributed by atoms with Gasteiger partial charge in [0.1, 0.15) is 5.75 Å². The van der Waals surface area contributed by atoms with Crippen molar-refractivity contribution in [3.05, 3.63) is 53.6 Å². The zero-order valence-corrected chi connectivity index (χ0v) is 15.4. The highest BCUT2D eigenvalue weighted by atomic mass is 16.7. The Bertz CT molecular complexity index is 799. The van der Waals surface area contributed by atoms with Gasteiger partial charge in [-0.2, -0.15) is 0 Å². The summed E-state index contributed by atoms with van der Waals surface area (Å²) in [7, 11) is 0. The Morgan fingerprint density at radius 1 is 1.04 bits per heavy atom. The molecule has 2 aromatic carbocycles. The van der Waals surface area contributed by atoms with E-state index >= 15 is 0 Å². The lowest BCUT2D eigenvalue weighted by molar-refractivity contribution is -0.121. The summed E-state index contributed by atoms with van der Waals surface area (Å²) in [5.74, 6) is 2.44. The quantitative estimate of drug-likeness (QED) is 0.804. The van der Waals surface area contributed by atoms with Gasteiger partial charge in [0.05, 0.1) is 6.10 Å². The first-order valence-electron chi connectivity index (χ1n) is 9.67. The van der Waals surface area contributed by atoms with Crippen LogP contribution in [0.3, 0.4) is 0 Å². The second-order valence-electron chi connectivity index (χ2n) is 7.14. The second-order valence-corrected chi connectivity index (χ2v) is 7.14. The van der Waals surface area contributed by atoms with E-state index in [1.807, 2.05) is 36.4 Å². The first kappa shape index (κ1) is 17.7. The molecule has 27 heavy (non-hydrogen) atoms. The van der Waals surface area contributed by atoms with Gasteiger partial charge < -0.3 is 19.5 Å². The van der Waals surface area contributed by atoms with Gasteiger partial charge in [-0.3, -0.25) is 4.79 Å². The Balaban J connectivity index is 1.24. The maximum absolute atomic E-state index is 12.2. The third-order valence-electron chi connectivity index (χ3n) is 5.07. The fourth-order valence-electron chi connectivity index (χ4n) is 3.57. The molecule has 0 unspecified atom stereocenters. The van der Waals surface area contributed by atoms with Gasteiger partial charge in [-0.1, -0.05) is 18.2 Å². The topological polar surface area (TPSA) is 56.8 Å². The number of benzene rings is 2. The molecular weight excluding hydrogens is 342 g/mol. The van der Waals surface area contributed by atoms with Gasteiger partial charge in [-0.25, -0.2) is 0 Å². The Kier molecular flexibility index (Phi) is 5.47. The molecule has 5 heteroatoms. The highest BCUT2D eigenvalue weighted by Gasteiger charge is 2.16.